The van der Waals surface area contributed by atoms with E-state index in [0.717, 1.165) is 31.6 Å². The first-order valence-corrected chi connectivity index (χ1v) is 8.33. The van der Waals surface area contributed by atoms with Gasteiger partial charge in [-0.2, -0.15) is 0 Å². The summed E-state index contributed by atoms with van der Waals surface area (Å²) >= 11 is 12.4. The molecular weight excluding hydrogens is 307 g/mol. The SMILES string of the molecule is CC[C@@H]1CN(Cc2c(Cl)ccc(O)c2Cl)CCN1C(C)C. The van der Waals surface area contributed by atoms with Crippen molar-refractivity contribution in [3.63, 3.8) is 0 Å². The van der Waals surface area contributed by atoms with Gasteiger partial charge in [0.25, 0.3) is 0 Å². The van der Waals surface area contributed by atoms with Crippen molar-refractivity contribution in [3.05, 3.63) is 27.7 Å². The van der Waals surface area contributed by atoms with Crippen molar-refractivity contribution in [2.75, 3.05) is 19.6 Å². The van der Waals surface area contributed by atoms with Crippen LogP contribution in [0.5, 0.6) is 5.75 Å². The van der Waals surface area contributed by atoms with Crippen molar-refractivity contribution in [3.8, 4) is 5.75 Å². The number of aromatic hydroxyl groups is 1. The maximum absolute atomic E-state index is 9.75. The van der Waals surface area contributed by atoms with Crippen molar-refractivity contribution < 1.29 is 5.11 Å². The first kappa shape index (κ1) is 16.9. The first-order valence-electron chi connectivity index (χ1n) is 7.58. The standard InChI is InChI=1S/C16H24Cl2N2O/c1-4-12-9-19(7-8-20(12)11(2)3)10-13-14(17)5-6-15(21)16(13)18/h5-6,11-12,21H,4,7-10H2,1-3H3/t12-/m1/s1. The van der Waals surface area contributed by atoms with Crippen LogP contribution in [0.2, 0.25) is 10.0 Å². The number of hydrogen-bond donors (Lipinski definition) is 1. The summed E-state index contributed by atoms with van der Waals surface area (Å²) in [7, 11) is 0. The molecule has 0 amide bonds. The number of nitrogens with zero attached hydrogens (tertiary/aromatic N) is 2. The maximum Gasteiger partial charge on any atom is 0.134 e. The Bertz CT molecular complexity index is 493. The molecule has 0 spiro atoms. The molecule has 5 heteroatoms. The summed E-state index contributed by atoms with van der Waals surface area (Å²) in [6.45, 7) is 10.5. The molecule has 1 heterocycles. The number of phenolic OH excluding ortho intramolecular Hbond substituents is 1. The molecule has 1 aromatic rings. The van der Waals surface area contributed by atoms with E-state index in [2.05, 4.69) is 30.6 Å². The van der Waals surface area contributed by atoms with Crippen LogP contribution >= 0.6 is 23.2 Å². The third kappa shape index (κ3) is 3.84. The van der Waals surface area contributed by atoms with Crippen LogP contribution in [-0.4, -0.2) is 46.6 Å². The molecule has 118 valence electrons. The molecule has 21 heavy (non-hydrogen) atoms. The van der Waals surface area contributed by atoms with Crippen LogP contribution in [0.1, 0.15) is 32.8 Å². The second-order valence-electron chi connectivity index (χ2n) is 5.99. The van der Waals surface area contributed by atoms with Gasteiger partial charge in [0.2, 0.25) is 0 Å². The lowest BCUT2D eigenvalue weighted by molar-refractivity contribution is 0.0457. The van der Waals surface area contributed by atoms with Gasteiger partial charge in [0, 0.05) is 48.8 Å². The summed E-state index contributed by atoms with van der Waals surface area (Å²) in [6, 6.07) is 4.39. The zero-order chi connectivity index (χ0) is 15.6. The molecule has 2 rings (SSSR count). The van der Waals surface area contributed by atoms with Crippen LogP contribution < -0.4 is 0 Å². The molecule has 1 aliphatic heterocycles. The second-order valence-corrected chi connectivity index (χ2v) is 6.77. The third-order valence-electron chi connectivity index (χ3n) is 4.29. The minimum atomic E-state index is 0.101. The highest BCUT2D eigenvalue weighted by atomic mass is 35.5. The summed E-state index contributed by atoms with van der Waals surface area (Å²) in [4.78, 5) is 4.93. The fourth-order valence-electron chi connectivity index (χ4n) is 3.07. The second kappa shape index (κ2) is 7.19. The van der Waals surface area contributed by atoms with Gasteiger partial charge >= 0.3 is 0 Å². The molecule has 1 N–H and O–H groups in total. The summed E-state index contributed by atoms with van der Waals surface area (Å²) in [5, 5.41) is 10.7. The molecule has 3 nitrogen and oxygen atoms in total. The highest BCUT2D eigenvalue weighted by Crippen LogP contribution is 2.33. The highest BCUT2D eigenvalue weighted by Gasteiger charge is 2.28. The van der Waals surface area contributed by atoms with E-state index < -0.39 is 0 Å². The molecule has 0 bridgehead atoms. The van der Waals surface area contributed by atoms with Gasteiger partial charge in [0.15, 0.2) is 0 Å². The van der Waals surface area contributed by atoms with E-state index in [0.29, 0.717) is 28.7 Å². The van der Waals surface area contributed by atoms with Gasteiger partial charge < -0.3 is 5.11 Å². The summed E-state index contributed by atoms with van der Waals surface area (Å²) in [5.41, 5.74) is 0.825. The molecule has 0 unspecified atom stereocenters. The maximum atomic E-state index is 9.75. The predicted octanol–water partition coefficient (Wildman–Crippen LogP) is 4.00. The minimum Gasteiger partial charge on any atom is -0.506 e. The molecule has 1 saturated heterocycles. The molecular formula is C16H24Cl2N2O. The van der Waals surface area contributed by atoms with Gasteiger partial charge in [-0.05, 0) is 32.4 Å². The topological polar surface area (TPSA) is 26.7 Å². The van der Waals surface area contributed by atoms with Crippen molar-refractivity contribution in [2.45, 2.75) is 45.8 Å². The number of hydrogen-bond acceptors (Lipinski definition) is 3. The van der Waals surface area contributed by atoms with Crippen molar-refractivity contribution >= 4 is 23.2 Å². The van der Waals surface area contributed by atoms with Gasteiger partial charge in [0.05, 0.1) is 5.02 Å². The molecule has 1 aliphatic rings. The Hall–Kier alpha value is -0.480. The Kier molecular flexibility index (Phi) is 5.78. The average Bonchev–Trinajstić information content (AvgIpc) is 2.47. The molecule has 0 radical (unpaired) electrons. The number of piperazine rings is 1. The monoisotopic (exact) mass is 330 g/mol. The number of rotatable bonds is 4. The predicted molar refractivity (Wildman–Crippen MR) is 89.3 cm³/mol. The average molecular weight is 331 g/mol. The van der Waals surface area contributed by atoms with Gasteiger partial charge in [-0.3, -0.25) is 9.80 Å². The molecule has 0 aliphatic carbocycles. The summed E-state index contributed by atoms with van der Waals surface area (Å²) < 4.78 is 0. The van der Waals surface area contributed by atoms with E-state index in [-0.39, 0.29) is 5.75 Å². The third-order valence-corrected chi connectivity index (χ3v) is 5.07. The Morgan fingerprint density at radius 1 is 1.29 bits per heavy atom. The Balaban J connectivity index is 2.10. The summed E-state index contributed by atoms with van der Waals surface area (Å²) in [6.07, 6.45) is 1.14. The van der Waals surface area contributed by atoms with E-state index in [1.807, 2.05) is 0 Å². The van der Waals surface area contributed by atoms with Gasteiger partial charge in [-0.25, -0.2) is 0 Å². The first-order chi connectivity index (χ1) is 9.93. The molecule has 0 saturated carbocycles. The zero-order valence-corrected chi connectivity index (χ0v) is 14.5. The van der Waals surface area contributed by atoms with Gasteiger partial charge in [-0.1, -0.05) is 30.1 Å². The smallest absolute Gasteiger partial charge is 0.134 e. The van der Waals surface area contributed by atoms with E-state index in [1.165, 1.54) is 0 Å². The van der Waals surface area contributed by atoms with Crippen molar-refractivity contribution in [1.82, 2.24) is 9.80 Å². The number of halogens is 2. The molecule has 1 aromatic carbocycles. The lowest BCUT2D eigenvalue weighted by Crippen LogP contribution is -2.54. The van der Waals surface area contributed by atoms with E-state index in [1.54, 1.807) is 12.1 Å². The Labute approximate surface area is 137 Å². The number of phenols is 1. The van der Waals surface area contributed by atoms with Crippen LogP contribution in [0, 0.1) is 0 Å². The largest absolute Gasteiger partial charge is 0.506 e. The minimum absolute atomic E-state index is 0.101. The van der Waals surface area contributed by atoms with Crippen LogP contribution in [-0.2, 0) is 6.54 Å². The van der Waals surface area contributed by atoms with Gasteiger partial charge in [0.1, 0.15) is 5.75 Å². The fraction of sp³-hybridized carbons (Fsp3) is 0.625. The van der Waals surface area contributed by atoms with Crippen LogP contribution in [0.25, 0.3) is 0 Å². The van der Waals surface area contributed by atoms with Crippen LogP contribution in [0.3, 0.4) is 0 Å². The van der Waals surface area contributed by atoms with Crippen molar-refractivity contribution in [1.29, 1.82) is 0 Å². The fourth-order valence-corrected chi connectivity index (χ4v) is 3.56. The molecule has 1 fully saturated rings. The van der Waals surface area contributed by atoms with Crippen LogP contribution in [0.4, 0.5) is 0 Å². The molecule has 0 aromatic heterocycles. The zero-order valence-electron chi connectivity index (χ0n) is 12.9. The summed E-state index contributed by atoms with van der Waals surface area (Å²) in [5.74, 6) is 0.101. The Morgan fingerprint density at radius 3 is 2.62 bits per heavy atom. The lowest BCUT2D eigenvalue weighted by Gasteiger charge is -2.43. The Morgan fingerprint density at radius 2 is 2.00 bits per heavy atom. The van der Waals surface area contributed by atoms with E-state index in [9.17, 15) is 5.11 Å². The van der Waals surface area contributed by atoms with Gasteiger partial charge in [-0.15, -0.1) is 0 Å². The van der Waals surface area contributed by atoms with Crippen LogP contribution in [0.15, 0.2) is 12.1 Å². The van der Waals surface area contributed by atoms with E-state index in [4.69, 9.17) is 23.2 Å². The molecule has 1 atom stereocenters. The lowest BCUT2D eigenvalue weighted by atomic mass is 10.1. The van der Waals surface area contributed by atoms with Crippen molar-refractivity contribution in [2.24, 2.45) is 0 Å². The normalized spacial score (nSPS) is 21.1. The van der Waals surface area contributed by atoms with E-state index >= 15 is 0 Å². The quantitative estimate of drug-likeness (QED) is 0.903. The number of benzene rings is 1. The highest BCUT2D eigenvalue weighted by molar-refractivity contribution is 6.36.